The van der Waals surface area contributed by atoms with Crippen LogP contribution in [0.4, 0.5) is 11.5 Å². The fourth-order valence-electron chi connectivity index (χ4n) is 7.37. The average Bonchev–Trinajstić information content (AvgIpc) is 3.94. The lowest BCUT2D eigenvalue weighted by Gasteiger charge is -2.39. The monoisotopic (exact) mass is 733 g/mol. The van der Waals surface area contributed by atoms with E-state index in [2.05, 4.69) is 40.4 Å². The summed E-state index contributed by atoms with van der Waals surface area (Å²) in [4.78, 5) is 50.8. The lowest BCUT2D eigenvalue weighted by atomic mass is 9.95. The van der Waals surface area contributed by atoms with Crippen molar-refractivity contribution in [2.45, 2.75) is 96.1 Å². The molecule has 0 spiro atoms. The van der Waals surface area contributed by atoms with E-state index in [9.17, 15) is 19.8 Å². The summed E-state index contributed by atoms with van der Waals surface area (Å²) in [7, 11) is 0. The molecular formula is C36H51N11O6. The number of aromatic amines is 1. The number of piperidine rings is 1. The number of aromatic nitrogens is 6. The zero-order valence-electron chi connectivity index (χ0n) is 30.6. The molecule has 3 aliphatic heterocycles. The van der Waals surface area contributed by atoms with E-state index in [0.29, 0.717) is 37.3 Å². The molecule has 3 saturated heterocycles. The fourth-order valence-corrected chi connectivity index (χ4v) is 7.37. The SMILES string of the molecule is CC(C)(C)C(=O)Nc1ccc2nc(CN3CCC(N(CCC(=O)NCC4CCCO4)C[C@H]4O[C@@H](n5cnc6c(N)ncnc65)[C@H](O)[C@@H]4O)CC3)[nH]c2c1. The number of hydrogen-bond acceptors (Lipinski definition) is 13. The third kappa shape index (κ3) is 8.45. The van der Waals surface area contributed by atoms with Gasteiger partial charge in [0.2, 0.25) is 11.8 Å². The molecule has 7 N–H and O–H groups in total. The molecule has 1 unspecified atom stereocenters. The van der Waals surface area contributed by atoms with Crippen molar-refractivity contribution in [2.24, 2.45) is 5.41 Å². The third-order valence-electron chi connectivity index (χ3n) is 10.5. The van der Waals surface area contributed by atoms with Gasteiger partial charge in [0, 0.05) is 62.9 Å². The number of imidazole rings is 2. The van der Waals surface area contributed by atoms with Gasteiger partial charge in [-0.15, -0.1) is 0 Å². The Morgan fingerprint density at radius 3 is 2.68 bits per heavy atom. The number of carbonyl (C=O) groups excluding carboxylic acids is 2. The van der Waals surface area contributed by atoms with Gasteiger partial charge in [-0.25, -0.2) is 19.9 Å². The number of rotatable bonds is 12. The van der Waals surface area contributed by atoms with Gasteiger partial charge in [-0.3, -0.25) is 24.0 Å². The first-order valence-corrected chi connectivity index (χ1v) is 18.5. The maximum atomic E-state index is 13.0. The van der Waals surface area contributed by atoms with Crippen LogP contribution in [0, 0.1) is 5.41 Å². The second-order valence-corrected chi connectivity index (χ2v) is 15.4. The Balaban J connectivity index is 0.994. The maximum Gasteiger partial charge on any atom is 0.229 e. The molecule has 0 radical (unpaired) electrons. The van der Waals surface area contributed by atoms with Crippen LogP contribution < -0.4 is 16.4 Å². The summed E-state index contributed by atoms with van der Waals surface area (Å²) < 4.78 is 13.6. The van der Waals surface area contributed by atoms with E-state index in [0.717, 1.165) is 67.9 Å². The van der Waals surface area contributed by atoms with Crippen molar-refractivity contribution in [3.05, 3.63) is 36.7 Å². The zero-order valence-corrected chi connectivity index (χ0v) is 30.6. The molecule has 17 nitrogen and oxygen atoms in total. The van der Waals surface area contributed by atoms with Crippen LogP contribution in [0.25, 0.3) is 22.2 Å². The van der Waals surface area contributed by atoms with Crippen molar-refractivity contribution in [3.63, 3.8) is 0 Å². The van der Waals surface area contributed by atoms with Gasteiger partial charge in [-0.1, -0.05) is 20.8 Å². The average molecular weight is 734 g/mol. The van der Waals surface area contributed by atoms with Crippen LogP contribution in [0.3, 0.4) is 0 Å². The van der Waals surface area contributed by atoms with Crippen LogP contribution >= 0.6 is 0 Å². The van der Waals surface area contributed by atoms with Gasteiger partial charge in [0.15, 0.2) is 17.7 Å². The van der Waals surface area contributed by atoms with E-state index in [1.54, 1.807) is 4.57 Å². The molecule has 3 fully saturated rings. The van der Waals surface area contributed by atoms with E-state index in [1.165, 1.54) is 12.7 Å². The van der Waals surface area contributed by atoms with E-state index in [-0.39, 0.29) is 36.2 Å². The van der Waals surface area contributed by atoms with E-state index >= 15 is 0 Å². The first-order valence-electron chi connectivity index (χ1n) is 18.5. The molecule has 1 aromatic carbocycles. The molecule has 5 atom stereocenters. The third-order valence-corrected chi connectivity index (χ3v) is 10.5. The molecule has 7 rings (SSSR count). The number of aliphatic hydroxyl groups is 2. The van der Waals surface area contributed by atoms with Crippen molar-refractivity contribution < 1.29 is 29.3 Å². The van der Waals surface area contributed by atoms with E-state index in [4.69, 9.17) is 20.2 Å². The molecule has 0 saturated carbocycles. The highest BCUT2D eigenvalue weighted by molar-refractivity contribution is 5.96. The number of anilines is 2. The van der Waals surface area contributed by atoms with Crippen LogP contribution in [0.2, 0.25) is 0 Å². The second kappa shape index (κ2) is 15.6. The topological polar surface area (TPSA) is 222 Å². The molecule has 4 aromatic rings. The summed E-state index contributed by atoms with van der Waals surface area (Å²) in [5.41, 5.74) is 8.69. The standard InChI is InChI=1S/C36H51N11O6/c1-36(2,3)35(51)42-21-6-7-24-25(15-21)44-27(43-24)18-45-11-8-22(9-12-45)46(13-10-28(48)38-16-23-5-4-14-52-23)17-26-30(49)31(50)34(53-26)47-20-41-29-32(37)39-19-40-33(29)47/h6-7,15,19-20,22-23,26,30-31,34,49-50H,4-5,8-14,16-18H2,1-3H3,(H,38,48)(H,42,51)(H,43,44)(H2,37,39,40)/t23?,26-,30-,31-,34-/m1/s1. The fraction of sp³-hybridized carbons (Fsp3) is 0.611. The van der Waals surface area contributed by atoms with E-state index < -0.39 is 30.0 Å². The summed E-state index contributed by atoms with van der Waals surface area (Å²) in [6.45, 7) is 9.90. The Morgan fingerprint density at radius 1 is 1.11 bits per heavy atom. The Labute approximate surface area is 307 Å². The highest BCUT2D eigenvalue weighted by Gasteiger charge is 2.45. The predicted octanol–water partition coefficient (Wildman–Crippen LogP) is 1.54. The molecule has 286 valence electrons. The molecule has 0 aliphatic carbocycles. The van der Waals surface area contributed by atoms with Crippen molar-refractivity contribution in [3.8, 4) is 0 Å². The van der Waals surface area contributed by atoms with Crippen molar-refractivity contribution in [1.29, 1.82) is 0 Å². The number of ether oxygens (including phenoxy) is 2. The number of aliphatic hydroxyl groups excluding tert-OH is 2. The number of nitrogens with zero attached hydrogens (tertiary/aromatic N) is 7. The normalized spacial score (nSPS) is 24.5. The number of nitrogens with two attached hydrogens (primary N) is 1. The number of carbonyl (C=O) groups is 2. The Hall–Kier alpha value is -4.26. The number of H-pyrrole nitrogens is 1. The first-order chi connectivity index (χ1) is 25.4. The van der Waals surface area contributed by atoms with Gasteiger partial charge >= 0.3 is 0 Å². The summed E-state index contributed by atoms with van der Waals surface area (Å²) >= 11 is 0. The minimum atomic E-state index is -1.23. The summed E-state index contributed by atoms with van der Waals surface area (Å²) in [6, 6.07) is 5.81. The van der Waals surface area contributed by atoms with Gasteiger partial charge in [-0.2, -0.15) is 0 Å². The van der Waals surface area contributed by atoms with Gasteiger partial charge < -0.3 is 41.0 Å². The smallest absolute Gasteiger partial charge is 0.229 e. The number of benzene rings is 1. The highest BCUT2D eigenvalue weighted by Crippen LogP contribution is 2.33. The van der Waals surface area contributed by atoms with Crippen molar-refractivity contribution >= 4 is 45.5 Å². The Morgan fingerprint density at radius 2 is 1.92 bits per heavy atom. The molecule has 2 amide bonds. The van der Waals surface area contributed by atoms with Crippen LogP contribution in [-0.4, -0.2) is 131 Å². The number of hydrogen-bond donors (Lipinski definition) is 6. The van der Waals surface area contributed by atoms with Gasteiger partial charge in [-0.05, 0) is 43.9 Å². The van der Waals surface area contributed by atoms with Gasteiger partial charge in [0.25, 0.3) is 0 Å². The largest absolute Gasteiger partial charge is 0.387 e. The molecule has 17 heteroatoms. The molecule has 3 aromatic heterocycles. The summed E-state index contributed by atoms with van der Waals surface area (Å²) in [5.74, 6) is 0.955. The molecular weight excluding hydrogens is 682 g/mol. The zero-order chi connectivity index (χ0) is 37.3. The second-order valence-electron chi connectivity index (χ2n) is 15.4. The van der Waals surface area contributed by atoms with Crippen molar-refractivity contribution in [1.82, 2.24) is 44.6 Å². The van der Waals surface area contributed by atoms with Gasteiger partial charge in [0.1, 0.15) is 36.0 Å². The minimum absolute atomic E-state index is 0.0506. The van der Waals surface area contributed by atoms with Crippen LogP contribution in [0.5, 0.6) is 0 Å². The first kappa shape index (κ1) is 37.1. The minimum Gasteiger partial charge on any atom is -0.387 e. The highest BCUT2D eigenvalue weighted by atomic mass is 16.6. The van der Waals surface area contributed by atoms with Crippen LogP contribution in [-0.2, 0) is 25.6 Å². The number of likely N-dealkylation sites (tertiary alicyclic amines) is 1. The number of amides is 2. The summed E-state index contributed by atoms with van der Waals surface area (Å²) in [6.07, 6.45) is 2.69. The quantitative estimate of drug-likeness (QED) is 0.122. The van der Waals surface area contributed by atoms with Gasteiger partial charge in [0.05, 0.1) is 30.0 Å². The number of fused-ring (bicyclic) bond motifs is 2. The predicted molar refractivity (Wildman–Crippen MR) is 196 cm³/mol. The maximum absolute atomic E-state index is 13.0. The molecule has 0 bridgehead atoms. The van der Waals surface area contributed by atoms with Crippen LogP contribution in [0.1, 0.15) is 64.9 Å². The lowest BCUT2D eigenvalue weighted by Crippen LogP contribution is -2.50. The molecule has 6 heterocycles. The molecule has 3 aliphatic rings. The summed E-state index contributed by atoms with van der Waals surface area (Å²) in [5, 5.41) is 28.4. The van der Waals surface area contributed by atoms with Crippen molar-refractivity contribution in [2.75, 3.05) is 50.4 Å². The number of nitrogen functional groups attached to an aromatic ring is 1. The van der Waals surface area contributed by atoms with Crippen LogP contribution in [0.15, 0.2) is 30.9 Å². The van der Waals surface area contributed by atoms with E-state index in [1.807, 2.05) is 39.0 Å². The Bertz CT molecular complexity index is 1900. The Kier molecular flexibility index (Phi) is 10.9. The lowest BCUT2D eigenvalue weighted by molar-refractivity contribution is -0.123. The number of nitrogens with one attached hydrogen (secondary N) is 3. The molecule has 53 heavy (non-hydrogen) atoms.